The minimum atomic E-state index is -0.810. The monoisotopic (exact) mass is 450 g/mol. The number of pyridine rings is 1. The number of rotatable bonds is 6. The molecular formula is C22H18Cl2F2N2O2. The molecule has 3 aromatic rings. The Hall–Kier alpha value is -2.70. The van der Waals surface area contributed by atoms with E-state index in [1.807, 2.05) is 13.8 Å². The summed E-state index contributed by atoms with van der Waals surface area (Å²) in [4.78, 5) is 17.9. The molecule has 0 saturated heterocycles. The fourth-order valence-corrected chi connectivity index (χ4v) is 3.29. The third-order valence-electron chi connectivity index (χ3n) is 4.11. The third kappa shape index (κ3) is 4.89. The zero-order valence-electron chi connectivity index (χ0n) is 16.2. The highest BCUT2D eigenvalue weighted by molar-refractivity contribution is 6.37. The maximum atomic E-state index is 14.5. The van der Waals surface area contributed by atoms with Gasteiger partial charge in [0.05, 0.1) is 15.7 Å². The Morgan fingerprint density at radius 1 is 1.10 bits per heavy atom. The molecule has 0 fully saturated rings. The van der Waals surface area contributed by atoms with Crippen molar-refractivity contribution < 1.29 is 13.6 Å². The SMILES string of the molecule is CC(C)CO/N=C(\c1ccc(=O)n(-c2c(Cl)cccc2Cl)c1)c1ccc(F)cc1F. The van der Waals surface area contributed by atoms with E-state index in [4.69, 9.17) is 28.0 Å². The standard InChI is InChI=1S/C22H18Cl2F2N2O2/c1-13(2)12-30-27-21(16-8-7-15(25)10-19(16)26)14-6-9-20(29)28(11-14)22-17(23)4-3-5-18(22)24/h3-11,13H,12H2,1-2H3/b27-21+. The topological polar surface area (TPSA) is 43.6 Å². The van der Waals surface area contributed by atoms with Crippen LogP contribution in [0.15, 0.2) is 64.7 Å². The van der Waals surface area contributed by atoms with Crippen molar-refractivity contribution in [2.24, 2.45) is 11.1 Å². The molecule has 2 aromatic carbocycles. The molecule has 0 N–H and O–H groups in total. The molecule has 8 heteroatoms. The minimum Gasteiger partial charge on any atom is -0.395 e. The summed E-state index contributed by atoms with van der Waals surface area (Å²) in [7, 11) is 0. The Kier molecular flexibility index (Phi) is 6.90. The summed E-state index contributed by atoms with van der Waals surface area (Å²) < 4.78 is 29.2. The maximum absolute atomic E-state index is 14.5. The number of nitrogens with zero attached hydrogens (tertiary/aromatic N) is 2. The molecule has 1 aromatic heterocycles. The first-order valence-corrected chi connectivity index (χ1v) is 9.86. The largest absolute Gasteiger partial charge is 0.395 e. The van der Waals surface area contributed by atoms with Gasteiger partial charge in [0.2, 0.25) is 0 Å². The summed E-state index contributed by atoms with van der Waals surface area (Å²) in [6.45, 7) is 4.17. The number of hydrogen-bond donors (Lipinski definition) is 0. The molecular weight excluding hydrogens is 433 g/mol. The van der Waals surface area contributed by atoms with Crippen molar-refractivity contribution in [3.63, 3.8) is 0 Å². The highest BCUT2D eigenvalue weighted by Gasteiger charge is 2.17. The van der Waals surface area contributed by atoms with Gasteiger partial charge in [0.25, 0.3) is 5.56 Å². The van der Waals surface area contributed by atoms with Crippen molar-refractivity contribution in [3.8, 4) is 5.69 Å². The van der Waals surface area contributed by atoms with Gasteiger partial charge in [0.15, 0.2) is 0 Å². The lowest BCUT2D eigenvalue weighted by molar-refractivity contribution is 0.118. The number of oxime groups is 1. The molecule has 0 aliphatic carbocycles. The molecule has 0 bridgehead atoms. The van der Waals surface area contributed by atoms with E-state index in [2.05, 4.69) is 5.16 Å². The van der Waals surface area contributed by atoms with Gasteiger partial charge in [-0.25, -0.2) is 8.78 Å². The van der Waals surface area contributed by atoms with E-state index in [-0.39, 0.29) is 32.9 Å². The van der Waals surface area contributed by atoms with E-state index < -0.39 is 17.2 Å². The Balaban J connectivity index is 2.18. The zero-order valence-corrected chi connectivity index (χ0v) is 17.7. The van der Waals surface area contributed by atoms with Crippen LogP contribution in [-0.4, -0.2) is 16.9 Å². The summed E-state index contributed by atoms with van der Waals surface area (Å²) in [6.07, 6.45) is 1.44. The number of halogens is 4. The second kappa shape index (κ2) is 9.41. The smallest absolute Gasteiger partial charge is 0.255 e. The highest BCUT2D eigenvalue weighted by Crippen LogP contribution is 2.27. The second-order valence-corrected chi connectivity index (χ2v) is 7.76. The van der Waals surface area contributed by atoms with Crippen molar-refractivity contribution in [1.29, 1.82) is 0 Å². The molecule has 0 aliphatic heterocycles. The van der Waals surface area contributed by atoms with Crippen molar-refractivity contribution in [1.82, 2.24) is 4.57 Å². The van der Waals surface area contributed by atoms with Crippen LogP contribution in [0.3, 0.4) is 0 Å². The molecule has 156 valence electrons. The van der Waals surface area contributed by atoms with Crippen molar-refractivity contribution in [2.75, 3.05) is 6.61 Å². The highest BCUT2D eigenvalue weighted by atomic mass is 35.5. The molecule has 1 heterocycles. The molecule has 0 amide bonds. The average Bonchev–Trinajstić information content (AvgIpc) is 2.67. The molecule has 0 atom stereocenters. The van der Waals surface area contributed by atoms with E-state index >= 15 is 0 Å². The normalized spacial score (nSPS) is 11.8. The van der Waals surface area contributed by atoms with Gasteiger partial charge in [-0.15, -0.1) is 0 Å². The van der Waals surface area contributed by atoms with E-state index in [1.54, 1.807) is 18.2 Å². The van der Waals surface area contributed by atoms with Gasteiger partial charge in [-0.2, -0.15) is 0 Å². The zero-order chi connectivity index (χ0) is 21.8. The van der Waals surface area contributed by atoms with Gasteiger partial charge in [0, 0.05) is 29.5 Å². The van der Waals surface area contributed by atoms with Crippen LogP contribution in [0.5, 0.6) is 0 Å². The lowest BCUT2D eigenvalue weighted by Gasteiger charge is -2.14. The van der Waals surface area contributed by atoms with Crippen LogP contribution in [-0.2, 0) is 4.84 Å². The quantitative estimate of drug-likeness (QED) is 0.349. The molecule has 0 radical (unpaired) electrons. The molecule has 3 rings (SSSR count). The Labute approximate surface area is 182 Å². The molecule has 0 unspecified atom stereocenters. The maximum Gasteiger partial charge on any atom is 0.255 e. The van der Waals surface area contributed by atoms with Crippen LogP contribution in [0.1, 0.15) is 25.0 Å². The summed E-state index contributed by atoms with van der Waals surface area (Å²) in [5.41, 5.74) is 0.381. The fraction of sp³-hybridized carbons (Fsp3) is 0.182. The van der Waals surface area contributed by atoms with Gasteiger partial charge >= 0.3 is 0 Å². The lowest BCUT2D eigenvalue weighted by Crippen LogP contribution is -2.20. The van der Waals surface area contributed by atoms with Crippen LogP contribution in [0.2, 0.25) is 10.0 Å². The molecule has 0 spiro atoms. The van der Waals surface area contributed by atoms with Crippen LogP contribution in [0.4, 0.5) is 8.78 Å². The minimum absolute atomic E-state index is 0.0237. The Morgan fingerprint density at radius 2 is 1.80 bits per heavy atom. The summed E-state index contributed by atoms with van der Waals surface area (Å²) >= 11 is 12.5. The molecule has 30 heavy (non-hydrogen) atoms. The number of hydrogen-bond acceptors (Lipinski definition) is 3. The van der Waals surface area contributed by atoms with E-state index in [0.29, 0.717) is 12.2 Å². The summed E-state index contributed by atoms with van der Waals surface area (Å²) in [5.74, 6) is -1.34. The van der Waals surface area contributed by atoms with Gasteiger partial charge in [-0.1, -0.05) is 48.3 Å². The van der Waals surface area contributed by atoms with Crippen LogP contribution >= 0.6 is 23.2 Å². The van der Waals surface area contributed by atoms with E-state index in [1.165, 1.54) is 29.0 Å². The van der Waals surface area contributed by atoms with Gasteiger partial charge < -0.3 is 4.84 Å². The van der Waals surface area contributed by atoms with E-state index in [0.717, 1.165) is 12.1 Å². The molecule has 4 nitrogen and oxygen atoms in total. The van der Waals surface area contributed by atoms with Crippen LogP contribution in [0.25, 0.3) is 5.69 Å². The number of benzene rings is 2. The van der Waals surface area contributed by atoms with Gasteiger partial charge in [-0.3, -0.25) is 9.36 Å². The van der Waals surface area contributed by atoms with Crippen molar-refractivity contribution >= 4 is 28.9 Å². The first-order chi connectivity index (χ1) is 14.3. The summed E-state index contributed by atoms with van der Waals surface area (Å²) in [6, 6.07) is 10.8. The fourth-order valence-electron chi connectivity index (χ4n) is 2.71. The van der Waals surface area contributed by atoms with Crippen molar-refractivity contribution in [2.45, 2.75) is 13.8 Å². The van der Waals surface area contributed by atoms with Gasteiger partial charge in [-0.05, 0) is 36.2 Å². The molecule has 0 saturated carbocycles. The Bertz CT molecular complexity index is 1140. The van der Waals surface area contributed by atoms with Crippen LogP contribution < -0.4 is 5.56 Å². The Morgan fingerprint density at radius 3 is 2.43 bits per heavy atom. The van der Waals surface area contributed by atoms with Crippen LogP contribution in [0, 0.1) is 17.6 Å². The average molecular weight is 451 g/mol. The predicted molar refractivity (Wildman–Crippen MR) is 115 cm³/mol. The number of para-hydroxylation sites is 1. The summed E-state index contributed by atoms with van der Waals surface area (Å²) in [5, 5.41) is 4.61. The van der Waals surface area contributed by atoms with Crippen molar-refractivity contribution in [3.05, 3.63) is 97.9 Å². The lowest BCUT2D eigenvalue weighted by atomic mass is 10.0. The van der Waals surface area contributed by atoms with E-state index in [9.17, 15) is 13.6 Å². The third-order valence-corrected chi connectivity index (χ3v) is 4.72. The van der Waals surface area contributed by atoms with Gasteiger partial charge in [0.1, 0.15) is 24.0 Å². The predicted octanol–water partition coefficient (Wildman–Crippen LogP) is 5.85. The second-order valence-electron chi connectivity index (χ2n) is 6.95. The first-order valence-electron chi connectivity index (χ1n) is 9.10. The number of aromatic nitrogens is 1. The first kappa shape index (κ1) is 22.0. The molecule has 0 aliphatic rings.